The first-order valence-electron chi connectivity index (χ1n) is 8.17. The largest absolute Gasteiger partial charge is 0.457 e. The van der Waals surface area contributed by atoms with Crippen LogP contribution in [0.3, 0.4) is 0 Å². The van der Waals surface area contributed by atoms with Crippen LogP contribution in [-0.4, -0.2) is 13.1 Å². The molecule has 0 radical (unpaired) electrons. The fourth-order valence-electron chi connectivity index (χ4n) is 4.05. The minimum absolute atomic E-state index is 0.498. The van der Waals surface area contributed by atoms with E-state index >= 15 is 0 Å². The summed E-state index contributed by atoms with van der Waals surface area (Å²) in [5.74, 6) is 2.38. The Morgan fingerprint density at radius 1 is 1.19 bits per heavy atom. The molecule has 3 aliphatic rings. The third-order valence-electron chi connectivity index (χ3n) is 4.96. The molecule has 21 heavy (non-hydrogen) atoms. The number of ether oxygens (including phenoxy) is 1. The molecule has 3 heterocycles. The van der Waals surface area contributed by atoms with Gasteiger partial charge in [-0.1, -0.05) is 20.4 Å². The standard InChI is InChI=1S/C19H23NO/c1-12(2)16-10-13(3)21-19-15-7-5-9-20-8-4-6-14(18(15)20)11-17(16)19/h10-12H,3-9H2,1-2H3. The molecule has 0 aromatic heterocycles. The summed E-state index contributed by atoms with van der Waals surface area (Å²) >= 11 is 0. The summed E-state index contributed by atoms with van der Waals surface area (Å²) in [4.78, 5) is 2.57. The lowest BCUT2D eigenvalue weighted by molar-refractivity contribution is 0.429. The summed E-state index contributed by atoms with van der Waals surface area (Å²) in [6.07, 6.45) is 6.98. The van der Waals surface area contributed by atoms with Crippen molar-refractivity contribution in [2.75, 3.05) is 18.0 Å². The number of hydrogen-bond donors (Lipinski definition) is 0. The molecule has 0 aliphatic carbocycles. The van der Waals surface area contributed by atoms with Gasteiger partial charge < -0.3 is 9.64 Å². The molecule has 0 bridgehead atoms. The Balaban J connectivity index is 1.97. The van der Waals surface area contributed by atoms with Crippen molar-refractivity contribution < 1.29 is 4.74 Å². The maximum atomic E-state index is 6.09. The van der Waals surface area contributed by atoms with Crippen LogP contribution in [0.25, 0.3) is 5.57 Å². The van der Waals surface area contributed by atoms with Crippen molar-refractivity contribution in [3.63, 3.8) is 0 Å². The maximum Gasteiger partial charge on any atom is 0.140 e. The molecule has 0 saturated heterocycles. The number of anilines is 1. The third-order valence-corrected chi connectivity index (χ3v) is 4.96. The van der Waals surface area contributed by atoms with Gasteiger partial charge in [-0.25, -0.2) is 0 Å². The van der Waals surface area contributed by atoms with Gasteiger partial charge in [-0.05, 0) is 54.9 Å². The summed E-state index contributed by atoms with van der Waals surface area (Å²) in [5, 5.41) is 0. The van der Waals surface area contributed by atoms with Gasteiger partial charge in [0.25, 0.3) is 0 Å². The van der Waals surface area contributed by atoms with Crippen LogP contribution in [-0.2, 0) is 12.8 Å². The molecular formula is C19H23NO. The van der Waals surface area contributed by atoms with Gasteiger partial charge in [0.05, 0.1) is 0 Å². The van der Waals surface area contributed by atoms with Crippen LogP contribution in [0.2, 0.25) is 0 Å². The van der Waals surface area contributed by atoms with Crippen LogP contribution >= 0.6 is 0 Å². The SMILES string of the molecule is C=C1C=C(C(C)C)c2cc3c4c(c2O1)CCCN4CCC3. The van der Waals surface area contributed by atoms with Gasteiger partial charge in [-0.3, -0.25) is 0 Å². The lowest BCUT2D eigenvalue weighted by Crippen LogP contribution is -2.35. The molecule has 3 aliphatic heterocycles. The van der Waals surface area contributed by atoms with Crippen LogP contribution in [0.4, 0.5) is 5.69 Å². The summed E-state index contributed by atoms with van der Waals surface area (Å²) in [6.45, 7) is 11.0. The summed E-state index contributed by atoms with van der Waals surface area (Å²) in [5.41, 5.74) is 7.13. The van der Waals surface area contributed by atoms with Gasteiger partial charge in [0, 0.05) is 29.9 Å². The number of rotatable bonds is 1. The van der Waals surface area contributed by atoms with Crippen molar-refractivity contribution in [2.24, 2.45) is 5.92 Å². The highest BCUT2D eigenvalue weighted by atomic mass is 16.5. The van der Waals surface area contributed by atoms with Crippen molar-refractivity contribution in [3.8, 4) is 5.75 Å². The van der Waals surface area contributed by atoms with Crippen molar-refractivity contribution in [1.82, 2.24) is 0 Å². The highest BCUT2D eigenvalue weighted by Gasteiger charge is 2.31. The van der Waals surface area contributed by atoms with Gasteiger partial charge in [0.15, 0.2) is 0 Å². The molecule has 0 spiro atoms. The van der Waals surface area contributed by atoms with E-state index in [1.807, 2.05) is 0 Å². The Kier molecular flexibility index (Phi) is 2.88. The highest BCUT2D eigenvalue weighted by molar-refractivity contribution is 5.82. The van der Waals surface area contributed by atoms with Crippen LogP contribution in [0.1, 0.15) is 43.4 Å². The predicted octanol–water partition coefficient (Wildman–Crippen LogP) is 4.33. The molecule has 2 heteroatoms. The number of fused-ring (bicyclic) bond motifs is 2. The van der Waals surface area contributed by atoms with E-state index in [0.29, 0.717) is 5.92 Å². The second kappa shape index (κ2) is 4.66. The summed E-state index contributed by atoms with van der Waals surface area (Å²) < 4.78 is 6.09. The molecule has 110 valence electrons. The molecule has 1 aromatic carbocycles. The van der Waals surface area contributed by atoms with E-state index in [1.165, 1.54) is 60.3 Å². The Morgan fingerprint density at radius 2 is 1.95 bits per heavy atom. The second-order valence-electron chi connectivity index (χ2n) is 6.76. The van der Waals surface area contributed by atoms with Crippen LogP contribution in [0.5, 0.6) is 5.75 Å². The number of benzene rings is 1. The first-order chi connectivity index (χ1) is 10.1. The first kappa shape index (κ1) is 13.0. The van der Waals surface area contributed by atoms with Gasteiger partial charge >= 0.3 is 0 Å². The first-order valence-corrected chi connectivity index (χ1v) is 8.17. The molecule has 0 atom stereocenters. The van der Waals surface area contributed by atoms with Crippen LogP contribution < -0.4 is 9.64 Å². The van der Waals surface area contributed by atoms with E-state index in [9.17, 15) is 0 Å². The minimum atomic E-state index is 0.498. The maximum absolute atomic E-state index is 6.09. The van der Waals surface area contributed by atoms with Crippen molar-refractivity contribution >= 4 is 11.3 Å². The van der Waals surface area contributed by atoms with E-state index in [1.54, 1.807) is 0 Å². The lowest BCUT2D eigenvalue weighted by atomic mass is 9.84. The minimum Gasteiger partial charge on any atom is -0.457 e. The van der Waals surface area contributed by atoms with Crippen LogP contribution in [0.15, 0.2) is 24.5 Å². The second-order valence-corrected chi connectivity index (χ2v) is 6.76. The lowest BCUT2D eigenvalue weighted by Gasteiger charge is -2.39. The Labute approximate surface area is 127 Å². The zero-order valence-corrected chi connectivity index (χ0v) is 13.0. The Hall–Kier alpha value is -1.70. The molecule has 0 unspecified atom stereocenters. The fraction of sp³-hybridized carbons (Fsp3) is 0.474. The van der Waals surface area contributed by atoms with Gasteiger partial charge in [-0.2, -0.15) is 0 Å². The molecule has 0 amide bonds. The molecule has 0 fully saturated rings. The smallest absolute Gasteiger partial charge is 0.140 e. The summed E-state index contributed by atoms with van der Waals surface area (Å²) in [7, 11) is 0. The average Bonchev–Trinajstić information content (AvgIpc) is 2.48. The highest BCUT2D eigenvalue weighted by Crippen LogP contribution is 2.47. The van der Waals surface area contributed by atoms with Crippen molar-refractivity contribution in [2.45, 2.75) is 39.5 Å². The van der Waals surface area contributed by atoms with E-state index < -0.39 is 0 Å². The fourth-order valence-corrected chi connectivity index (χ4v) is 4.05. The number of allylic oxidation sites excluding steroid dienone is 2. The third kappa shape index (κ3) is 1.92. The monoisotopic (exact) mass is 281 g/mol. The number of hydrogen-bond acceptors (Lipinski definition) is 2. The molecule has 0 saturated carbocycles. The Bertz CT molecular complexity index is 652. The number of nitrogens with zero attached hydrogens (tertiary/aromatic N) is 1. The van der Waals surface area contributed by atoms with Crippen LogP contribution in [0, 0.1) is 5.92 Å². The Morgan fingerprint density at radius 3 is 2.71 bits per heavy atom. The molecule has 1 aromatic rings. The predicted molar refractivity (Wildman–Crippen MR) is 87.9 cm³/mol. The van der Waals surface area contributed by atoms with E-state index in [0.717, 1.165) is 17.9 Å². The average molecular weight is 281 g/mol. The molecule has 0 N–H and O–H groups in total. The van der Waals surface area contributed by atoms with Gasteiger partial charge in [-0.15, -0.1) is 0 Å². The zero-order valence-electron chi connectivity index (χ0n) is 13.0. The van der Waals surface area contributed by atoms with E-state index in [4.69, 9.17) is 4.74 Å². The molecular weight excluding hydrogens is 258 g/mol. The summed E-state index contributed by atoms with van der Waals surface area (Å²) in [6, 6.07) is 2.39. The van der Waals surface area contributed by atoms with Gasteiger partial charge in [0.1, 0.15) is 11.5 Å². The van der Waals surface area contributed by atoms with Crippen molar-refractivity contribution in [3.05, 3.63) is 41.2 Å². The molecule has 4 rings (SSSR count). The zero-order chi connectivity index (χ0) is 14.6. The number of aryl methyl sites for hydroxylation is 1. The van der Waals surface area contributed by atoms with Crippen molar-refractivity contribution in [1.29, 1.82) is 0 Å². The van der Waals surface area contributed by atoms with Gasteiger partial charge in [0.2, 0.25) is 0 Å². The van der Waals surface area contributed by atoms with E-state index in [2.05, 4.69) is 37.5 Å². The normalized spacial score (nSPS) is 19.9. The topological polar surface area (TPSA) is 12.5 Å². The molecule has 2 nitrogen and oxygen atoms in total. The van der Waals surface area contributed by atoms with E-state index in [-0.39, 0.29) is 0 Å². The quantitative estimate of drug-likeness (QED) is 0.759.